The molecule has 0 spiro atoms. The number of carbonyl (C=O) groups is 1. The lowest BCUT2D eigenvalue weighted by atomic mass is 10.1. The van der Waals surface area contributed by atoms with Crippen molar-refractivity contribution in [1.82, 2.24) is 0 Å². The number of nitrogens with zero attached hydrogens (tertiary/aromatic N) is 1. The molecule has 0 aliphatic rings. The van der Waals surface area contributed by atoms with Crippen molar-refractivity contribution in [2.45, 2.75) is 18.1 Å². The second-order valence-electron chi connectivity index (χ2n) is 4.74. The van der Waals surface area contributed by atoms with Gasteiger partial charge in [0, 0.05) is 0 Å². The zero-order chi connectivity index (χ0) is 16.3. The minimum atomic E-state index is -3.80. The van der Waals surface area contributed by atoms with Crippen molar-refractivity contribution < 1.29 is 17.9 Å². The maximum Gasteiger partial charge on any atom is 0.326 e. The predicted octanol–water partition coefficient (Wildman–Crippen LogP) is 2.73. The standard InChI is InChI=1S/C15H17NO4S2/c1-11-6-4-7-13(12(11)2)16(10-14(17)20-3)22(18,19)15-8-5-9-21-15/h4-9H,10H2,1-3H3. The summed E-state index contributed by atoms with van der Waals surface area (Å²) in [5.74, 6) is -0.610. The van der Waals surface area contributed by atoms with E-state index in [2.05, 4.69) is 4.74 Å². The van der Waals surface area contributed by atoms with Gasteiger partial charge in [0.05, 0.1) is 12.8 Å². The first-order chi connectivity index (χ1) is 10.4. The van der Waals surface area contributed by atoms with Gasteiger partial charge in [-0.2, -0.15) is 0 Å². The van der Waals surface area contributed by atoms with Gasteiger partial charge in [0.15, 0.2) is 0 Å². The fourth-order valence-corrected chi connectivity index (χ4v) is 4.58. The van der Waals surface area contributed by atoms with Gasteiger partial charge in [0.25, 0.3) is 10.0 Å². The Kier molecular flexibility index (Phi) is 4.87. The molecule has 0 bridgehead atoms. The second-order valence-corrected chi connectivity index (χ2v) is 7.78. The van der Waals surface area contributed by atoms with Crippen LogP contribution in [0.2, 0.25) is 0 Å². The molecule has 5 nitrogen and oxygen atoms in total. The van der Waals surface area contributed by atoms with Gasteiger partial charge in [-0.3, -0.25) is 9.10 Å². The van der Waals surface area contributed by atoms with E-state index < -0.39 is 16.0 Å². The first-order valence-electron chi connectivity index (χ1n) is 6.57. The van der Waals surface area contributed by atoms with Crippen molar-refractivity contribution >= 4 is 33.0 Å². The SMILES string of the molecule is COC(=O)CN(c1cccc(C)c1C)S(=O)(=O)c1cccs1. The molecule has 1 heterocycles. The number of methoxy groups -OCH3 is 1. The largest absolute Gasteiger partial charge is 0.468 e. The van der Waals surface area contributed by atoms with Crippen LogP contribution in [-0.2, 0) is 19.6 Å². The molecule has 0 atom stereocenters. The van der Waals surface area contributed by atoms with Gasteiger partial charge in [0.1, 0.15) is 10.8 Å². The molecule has 118 valence electrons. The molecule has 0 fully saturated rings. The van der Waals surface area contributed by atoms with E-state index in [1.165, 1.54) is 13.2 Å². The average Bonchev–Trinajstić information content (AvgIpc) is 3.02. The highest BCUT2D eigenvalue weighted by molar-refractivity contribution is 7.94. The van der Waals surface area contributed by atoms with E-state index in [1.807, 2.05) is 19.9 Å². The molecule has 7 heteroatoms. The second kappa shape index (κ2) is 6.50. The van der Waals surface area contributed by atoms with Crippen LogP contribution in [0.4, 0.5) is 5.69 Å². The molecule has 0 saturated heterocycles. The third-order valence-electron chi connectivity index (χ3n) is 3.38. The summed E-state index contributed by atoms with van der Waals surface area (Å²) in [4.78, 5) is 11.7. The van der Waals surface area contributed by atoms with Crippen LogP contribution < -0.4 is 4.31 Å². The van der Waals surface area contributed by atoms with Gasteiger partial charge >= 0.3 is 5.97 Å². The quantitative estimate of drug-likeness (QED) is 0.786. The number of sulfonamides is 1. The summed E-state index contributed by atoms with van der Waals surface area (Å²) >= 11 is 1.12. The smallest absolute Gasteiger partial charge is 0.326 e. The van der Waals surface area contributed by atoms with Gasteiger partial charge < -0.3 is 4.74 Å². The monoisotopic (exact) mass is 339 g/mol. The highest BCUT2D eigenvalue weighted by Crippen LogP contribution is 2.30. The Morgan fingerprint density at radius 3 is 2.55 bits per heavy atom. The van der Waals surface area contributed by atoms with Crippen LogP contribution in [0.3, 0.4) is 0 Å². The molecule has 22 heavy (non-hydrogen) atoms. The molecule has 0 aliphatic heterocycles. The summed E-state index contributed by atoms with van der Waals surface area (Å²) in [6.07, 6.45) is 0. The normalized spacial score (nSPS) is 11.2. The van der Waals surface area contributed by atoms with Gasteiger partial charge in [-0.1, -0.05) is 18.2 Å². The number of hydrogen-bond donors (Lipinski definition) is 0. The minimum absolute atomic E-state index is 0.192. The summed E-state index contributed by atoms with van der Waals surface area (Å²) in [7, 11) is -2.57. The van der Waals surface area contributed by atoms with Crippen molar-refractivity contribution in [3.8, 4) is 0 Å². The third kappa shape index (κ3) is 3.15. The summed E-state index contributed by atoms with van der Waals surface area (Å²) in [6.45, 7) is 3.37. The number of benzene rings is 1. The van der Waals surface area contributed by atoms with Crippen LogP contribution in [0.25, 0.3) is 0 Å². The lowest BCUT2D eigenvalue weighted by Gasteiger charge is -2.24. The molecule has 0 amide bonds. The van der Waals surface area contributed by atoms with E-state index in [4.69, 9.17) is 0 Å². The van der Waals surface area contributed by atoms with Crippen molar-refractivity contribution in [3.05, 3.63) is 46.8 Å². The molecule has 0 aliphatic carbocycles. The minimum Gasteiger partial charge on any atom is -0.468 e. The number of anilines is 1. The number of aryl methyl sites for hydroxylation is 1. The Hall–Kier alpha value is -1.86. The first-order valence-corrected chi connectivity index (χ1v) is 8.89. The number of hydrogen-bond acceptors (Lipinski definition) is 5. The van der Waals surface area contributed by atoms with Crippen molar-refractivity contribution in [2.24, 2.45) is 0 Å². The molecule has 2 rings (SSSR count). The molecule has 0 saturated carbocycles. The van der Waals surface area contributed by atoms with Gasteiger partial charge in [-0.05, 0) is 42.5 Å². The molecule has 1 aromatic carbocycles. The first kappa shape index (κ1) is 16.5. The molecule has 1 aromatic heterocycles. The molecule has 0 radical (unpaired) electrons. The van der Waals surface area contributed by atoms with Gasteiger partial charge in [-0.15, -0.1) is 11.3 Å². The Balaban J connectivity index is 2.57. The van der Waals surface area contributed by atoms with Crippen molar-refractivity contribution in [3.63, 3.8) is 0 Å². The zero-order valence-electron chi connectivity index (χ0n) is 12.6. The number of rotatable bonds is 5. The summed E-state index contributed by atoms with van der Waals surface area (Å²) in [5.41, 5.74) is 2.25. The van der Waals surface area contributed by atoms with Crippen LogP contribution in [0.15, 0.2) is 39.9 Å². The van der Waals surface area contributed by atoms with Crippen molar-refractivity contribution in [1.29, 1.82) is 0 Å². The number of ether oxygens (including phenoxy) is 1. The van der Waals surface area contributed by atoms with E-state index in [0.29, 0.717) is 5.69 Å². The van der Waals surface area contributed by atoms with E-state index in [9.17, 15) is 13.2 Å². The number of esters is 1. The van der Waals surface area contributed by atoms with Crippen molar-refractivity contribution in [2.75, 3.05) is 18.0 Å². The number of thiophene rings is 1. The van der Waals surface area contributed by atoms with E-state index in [-0.39, 0.29) is 10.8 Å². The van der Waals surface area contributed by atoms with Crippen LogP contribution in [0.1, 0.15) is 11.1 Å². The topological polar surface area (TPSA) is 63.7 Å². The Morgan fingerprint density at radius 2 is 1.95 bits per heavy atom. The molecule has 0 unspecified atom stereocenters. The fraction of sp³-hybridized carbons (Fsp3) is 0.267. The highest BCUT2D eigenvalue weighted by atomic mass is 32.2. The molecular formula is C15H17NO4S2. The Morgan fingerprint density at radius 1 is 1.23 bits per heavy atom. The Bertz CT molecular complexity index is 767. The van der Waals surface area contributed by atoms with E-state index in [0.717, 1.165) is 26.8 Å². The molecule has 2 aromatic rings. The summed E-state index contributed by atoms with van der Waals surface area (Å²) in [5, 5.41) is 1.69. The summed E-state index contributed by atoms with van der Waals surface area (Å²) < 4.78 is 31.6. The molecular weight excluding hydrogens is 322 g/mol. The lowest BCUT2D eigenvalue weighted by Crippen LogP contribution is -2.36. The maximum atomic E-state index is 12.8. The Labute approximate surface area is 134 Å². The highest BCUT2D eigenvalue weighted by Gasteiger charge is 2.29. The van der Waals surface area contributed by atoms with Gasteiger partial charge in [-0.25, -0.2) is 8.42 Å². The average molecular weight is 339 g/mol. The zero-order valence-corrected chi connectivity index (χ0v) is 14.2. The van der Waals surface area contributed by atoms with Crippen LogP contribution in [-0.4, -0.2) is 28.0 Å². The predicted molar refractivity (Wildman–Crippen MR) is 86.8 cm³/mol. The lowest BCUT2D eigenvalue weighted by molar-refractivity contribution is -0.138. The van der Waals surface area contributed by atoms with Crippen LogP contribution in [0, 0.1) is 13.8 Å². The maximum absolute atomic E-state index is 12.8. The number of carbonyl (C=O) groups excluding carboxylic acids is 1. The fourth-order valence-electron chi connectivity index (χ4n) is 2.01. The van der Waals surface area contributed by atoms with E-state index >= 15 is 0 Å². The summed E-state index contributed by atoms with van der Waals surface area (Å²) in [6, 6.07) is 8.54. The third-order valence-corrected chi connectivity index (χ3v) is 6.52. The van der Waals surface area contributed by atoms with Gasteiger partial charge in [0.2, 0.25) is 0 Å². The van der Waals surface area contributed by atoms with E-state index in [1.54, 1.807) is 23.6 Å². The molecule has 0 N–H and O–H groups in total. The van der Waals surface area contributed by atoms with Crippen LogP contribution >= 0.6 is 11.3 Å². The van der Waals surface area contributed by atoms with Crippen LogP contribution in [0.5, 0.6) is 0 Å².